The Bertz CT molecular complexity index is 502. The Morgan fingerprint density at radius 1 is 1.50 bits per heavy atom. The Morgan fingerprint density at radius 3 is 2.70 bits per heavy atom. The Kier molecular flexibility index (Phi) is 5.58. The number of rotatable bonds is 6. The molecule has 0 aliphatic rings. The third-order valence-corrected chi connectivity index (χ3v) is 2.70. The first kappa shape index (κ1) is 15.6. The van der Waals surface area contributed by atoms with E-state index in [0.717, 1.165) is 0 Å². The maximum absolute atomic E-state index is 12.1. The van der Waals surface area contributed by atoms with Crippen LogP contribution < -0.4 is 10.2 Å². The fraction of sp³-hybridized carbons (Fsp3) is 0.286. The van der Waals surface area contributed by atoms with Gasteiger partial charge in [0.15, 0.2) is 0 Å². The van der Waals surface area contributed by atoms with Crippen LogP contribution in [0.4, 0.5) is 10.5 Å². The van der Waals surface area contributed by atoms with Crippen LogP contribution in [0.25, 0.3) is 0 Å². The molecule has 1 atom stereocenters. The number of carboxylic acid groups (broad SMARTS) is 1. The van der Waals surface area contributed by atoms with E-state index in [-0.39, 0.29) is 12.2 Å². The zero-order valence-corrected chi connectivity index (χ0v) is 11.2. The summed E-state index contributed by atoms with van der Waals surface area (Å²) in [5, 5.41) is 20.9. The number of phenols is 1. The number of hydrogen-bond donors (Lipinski definition) is 3. The molecule has 1 rings (SSSR count). The van der Waals surface area contributed by atoms with Crippen molar-refractivity contribution in [2.45, 2.75) is 19.4 Å². The molecule has 0 spiro atoms. The average Bonchev–Trinajstić information content (AvgIpc) is 2.39. The lowest BCUT2D eigenvalue weighted by molar-refractivity contribution is -0.139. The summed E-state index contributed by atoms with van der Waals surface area (Å²) in [6.07, 6.45) is 1.57. The van der Waals surface area contributed by atoms with Crippen molar-refractivity contribution in [2.75, 3.05) is 11.4 Å². The number of anilines is 1. The van der Waals surface area contributed by atoms with Crippen molar-refractivity contribution >= 4 is 17.7 Å². The number of phenolic OH excluding ortho intramolecular Hbond substituents is 1. The second-order valence-corrected chi connectivity index (χ2v) is 4.13. The van der Waals surface area contributed by atoms with E-state index in [4.69, 9.17) is 5.11 Å². The van der Waals surface area contributed by atoms with Crippen LogP contribution in [-0.4, -0.2) is 34.8 Å². The standard InChI is InChI=1S/C14H18N2O4/c1-3-6-12(13(18)19)15-14(20)16(4-2)10-7-5-8-11(17)9-10/h3,5,7-9,12,17H,1,4,6H2,2H3,(H,15,20)(H,18,19). The highest BCUT2D eigenvalue weighted by molar-refractivity contribution is 5.94. The highest BCUT2D eigenvalue weighted by atomic mass is 16.4. The van der Waals surface area contributed by atoms with Gasteiger partial charge in [-0.05, 0) is 25.5 Å². The van der Waals surface area contributed by atoms with Crippen molar-refractivity contribution < 1.29 is 19.8 Å². The van der Waals surface area contributed by atoms with E-state index >= 15 is 0 Å². The Labute approximate surface area is 117 Å². The molecular weight excluding hydrogens is 260 g/mol. The molecule has 0 radical (unpaired) electrons. The van der Waals surface area contributed by atoms with Crippen LogP contribution >= 0.6 is 0 Å². The van der Waals surface area contributed by atoms with Crippen molar-refractivity contribution in [1.82, 2.24) is 5.32 Å². The van der Waals surface area contributed by atoms with Crippen LogP contribution in [0.5, 0.6) is 5.75 Å². The van der Waals surface area contributed by atoms with E-state index in [1.54, 1.807) is 19.1 Å². The molecule has 0 aromatic heterocycles. The second kappa shape index (κ2) is 7.18. The molecule has 6 heteroatoms. The van der Waals surface area contributed by atoms with Crippen LogP contribution in [-0.2, 0) is 4.79 Å². The first-order chi connectivity index (χ1) is 9.49. The summed E-state index contributed by atoms with van der Waals surface area (Å²) in [5.41, 5.74) is 0.493. The predicted octanol–water partition coefficient (Wildman–Crippen LogP) is 1.96. The third kappa shape index (κ3) is 4.01. The normalized spacial score (nSPS) is 11.4. The number of benzene rings is 1. The van der Waals surface area contributed by atoms with Crippen LogP contribution in [0.2, 0.25) is 0 Å². The lowest BCUT2D eigenvalue weighted by Gasteiger charge is -2.23. The smallest absolute Gasteiger partial charge is 0.326 e. The maximum atomic E-state index is 12.1. The molecule has 2 amide bonds. The van der Waals surface area contributed by atoms with Gasteiger partial charge in [-0.1, -0.05) is 12.1 Å². The highest BCUT2D eigenvalue weighted by Gasteiger charge is 2.22. The zero-order valence-electron chi connectivity index (χ0n) is 11.2. The lowest BCUT2D eigenvalue weighted by Crippen LogP contribution is -2.48. The van der Waals surface area contributed by atoms with E-state index < -0.39 is 18.0 Å². The molecule has 3 N–H and O–H groups in total. The summed E-state index contributed by atoms with van der Waals surface area (Å²) in [4.78, 5) is 24.5. The summed E-state index contributed by atoms with van der Waals surface area (Å²) < 4.78 is 0. The predicted molar refractivity (Wildman–Crippen MR) is 75.9 cm³/mol. The topological polar surface area (TPSA) is 89.9 Å². The van der Waals surface area contributed by atoms with Gasteiger partial charge in [-0.15, -0.1) is 6.58 Å². The molecule has 1 unspecified atom stereocenters. The first-order valence-electron chi connectivity index (χ1n) is 6.20. The van der Waals surface area contributed by atoms with Crippen molar-refractivity contribution in [2.24, 2.45) is 0 Å². The van der Waals surface area contributed by atoms with Gasteiger partial charge in [0.1, 0.15) is 11.8 Å². The van der Waals surface area contributed by atoms with Crippen LogP contribution in [0.15, 0.2) is 36.9 Å². The number of urea groups is 1. The van der Waals surface area contributed by atoms with Gasteiger partial charge >= 0.3 is 12.0 Å². The molecule has 0 saturated heterocycles. The van der Waals surface area contributed by atoms with Crippen molar-refractivity contribution in [3.05, 3.63) is 36.9 Å². The van der Waals surface area contributed by atoms with E-state index in [0.29, 0.717) is 12.2 Å². The summed E-state index contributed by atoms with van der Waals surface area (Å²) in [6, 6.07) is 4.64. The molecular formula is C14H18N2O4. The number of nitrogens with one attached hydrogen (secondary N) is 1. The van der Waals surface area contributed by atoms with Crippen molar-refractivity contribution in [3.63, 3.8) is 0 Å². The van der Waals surface area contributed by atoms with E-state index in [1.807, 2.05) is 0 Å². The molecule has 0 fully saturated rings. The molecule has 108 valence electrons. The molecule has 0 aliphatic heterocycles. The Hall–Kier alpha value is -2.50. The summed E-state index contributed by atoms with van der Waals surface area (Å²) in [6.45, 7) is 5.56. The quantitative estimate of drug-likeness (QED) is 0.694. The number of aromatic hydroxyl groups is 1. The molecule has 0 saturated carbocycles. The number of carbonyl (C=O) groups is 2. The number of carboxylic acids is 1. The molecule has 0 heterocycles. The van der Waals surface area contributed by atoms with E-state index in [9.17, 15) is 14.7 Å². The van der Waals surface area contributed by atoms with Crippen molar-refractivity contribution in [3.8, 4) is 5.75 Å². The number of nitrogens with zero attached hydrogens (tertiary/aromatic N) is 1. The molecule has 1 aromatic carbocycles. The summed E-state index contributed by atoms with van der Waals surface area (Å²) in [7, 11) is 0. The Balaban J connectivity index is 2.86. The van der Waals surface area contributed by atoms with E-state index in [1.165, 1.54) is 23.1 Å². The minimum absolute atomic E-state index is 0.0367. The summed E-state index contributed by atoms with van der Waals surface area (Å²) in [5.74, 6) is -1.08. The van der Waals surface area contributed by atoms with Gasteiger partial charge in [-0.25, -0.2) is 9.59 Å². The number of hydrogen-bond acceptors (Lipinski definition) is 3. The largest absolute Gasteiger partial charge is 0.508 e. The summed E-state index contributed by atoms with van der Waals surface area (Å²) >= 11 is 0. The van der Waals surface area contributed by atoms with Gasteiger partial charge in [0.25, 0.3) is 0 Å². The van der Waals surface area contributed by atoms with Gasteiger partial charge in [0.05, 0.1) is 0 Å². The molecule has 0 bridgehead atoms. The first-order valence-corrected chi connectivity index (χ1v) is 6.20. The van der Waals surface area contributed by atoms with Crippen LogP contribution in [0.3, 0.4) is 0 Å². The minimum Gasteiger partial charge on any atom is -0.508 e. The van der Waals surface area contributed by atoms with Gasteiger partial charge in [-0.2, -0.15) is 0 Å². The third-order valence-electron chi connectivity index (χ3n) is 2.70. The second-order valence-electron chi connectivity index (χ2n) is 4.13. The van der Waals surface area contributed by atoms with Gasteiger partial charge in [0, 0.05) is 18.3 Å². The Morgan fingerprint density at radius 2 is 2.20 bits per heavy atom. The molecule has 1 aromatic rings. The fourth-order valence-corrected chi connectivity index (χ4v) is 1.72. The van der Waals surface area contributed by atoms with Crippen LogP contribution in [0.1, 0.15) is 13.3 Å². The average molecular weight is 278 g/mol. The van der Waals surface area contributed by atoms with E-state index in [2.05, 4.69) is 11.9 Å². The number of carbonyl (C=O) groups excluding carboxylic acids is 1. The monoisotopic (exact) mass is 278 g/mol. The van der Waals surface area contributed by atoms with Crippen molar-refractivity contribution in [1.29, 1.82) is 0 Å². The number of amides is 2. The fourth-order valence-electron chi connectivity index (χ4n) is 1.72. The molecule has 0 aliphatic carbocycles. The zero-order chi connectivity index (χ0) is 15.1. The van der Waals surface area contributed by atoms with Crippen LogP contribution in [0, 0.1) is 0 Å². The number of aliphatic carboxylic acids is 1. The van der Waals surface area contributed by atoms with Gasteiger partial charge in [0.2, 0.25) is 0 Å². The van der Waals surface area contributed by atoms with Gasteiger partial charge in [-0.3, -0.25) is 4.90 Å². The van der Waals surface area contributed by atoms with Gasteiger partial charge < -0.3 is 15.5 Å². The maximum Gasteiger partial charge on any atom is 0.326 e. The molecule has 20 heavy (non-hydrogen) atoms. The SMILES string of the molecule is C=CCC(NC(=O)N(CC)c1cccc(O)c1)C(=O)O. The highest BCUT2D eigenvalue weighted by Crippen LogP contribution is 2.20. The minimum atomic E-state index is -1.12. The lowest BCUT2D eigenvalue weighted by atomic mass is 10.2. The molecule has 6 nitrogen and oxygen atoms in total.